The van der Waals surface area contributed by atoms with E-state index in [1.165, 1.54) is 32.2 Å². The summed E-state index contributed by atoms with van der Waals surface area (Å²) in [6, 6.07) is 1.56. The second kappa shape index (κ2) is 4.10. The molecule has 0 amide bonds. The zero-order valence-electron chi connectivity index (χ0n) is 8.14. The Labute approximate surface area is 70.8 Å². The molecule has 0 unspecified atom stereocenters. The third-order valence-electron chi connectivity index (χ3n) is 2.77. The molecule has 0 aromatic carbocycles. The molecule has 0 aliphatic carbocycles. The summed E-state index contributed by atoms with van der Waals surface area (Å²) in [5.74, 6) is 0. The molecule has 66 valence electrons. The van der Waals surface area contributed by atoms with Crippen molar-refractivity contribution in [2.45, 2.75) is 58.5 Å². The summed E-state index contributed by atoms with van der Waals surface area (Å²) < 4.78 is 0. The van der Waals surface area contributed by atoms with E-state index in [0.717, 1.165) is 12.1 Å². The Kier molecular flexibility index (Phi) is 3.38. The van der Waals surface area contributed by atoms with E-state index in [1.54, 1.807) is 0 Å². The Morgan fingerprint density at radius 1 is 1.18 bits per heavy atom. The smallest absolute Gasteiger partial charge is 0.00696 e. The van der Waals surface area contributed by atoms with Gasteiger partial charge in [-0.2, -0.15) is 0 Å². The SMILES string of the molecule is CC(C)N1CCCCC[C@@H]1C. The van der Waals surface area contributed by atoms with Gasteiger partial charge in [0, 0.05) is 12.1 Å². The molecule has 0 aromatic rings. The highest BCUT2D eigenvalue weighted by Gasteiger charge is 2.18. The minimum atomic E-state index is 0.739. The fourth-order valence-electron chi connectivity index (χ4n) is 2.06. The largest absolute Gasteiger partial charge is 0.298 e. The molecule has 0 saturated carbocycles. The first-order valence-electron chi connectivity index (χ1n) is 4.97. The molecule has 0 spiro atoms. The molecule has 1 heteroatoms. The van der Waals surface area contributed by atoms with Gasteiger partial charge in [-0.25, -0.2) is 0 Å². The Bertz CT molecular complexity index is 109. The molecule has 1 atom stereocenters. The molecule has 1 fully saturated rings. The Balaban J connectivity index is 2.45. The van der Waals surface area contributed by atoms with Crippen molar-refractivity contribution in [2.24, 2.45) is 0 Å². The molecule has 0 radical (unpaired) electrons. The standard InChI is InChI=1S/C10H21N/c1-9(2)11-8-6-4-5-7-10(11)3/h9-10H,4-8H2,1-3H3/t10-/m0/s1. The van der Waals surface area contributed by atoms with Crippen LogP contribution in [0.5, 0.6) is 0 Å². The van der Waals surface area contributed by atoms with Crippen molar-refractivity contribution in [1.29, 1.82) is 0 Å². The summed E-state index contributed by atoms with van der Waals surface area (Å²) in [6.07, 6.45) is 5.68. The van der Waals surface area contributed by atoms with Crippen LogP contribution in [-0.2, 0) is 0 Å². The number of nitrogens with zero attached hydrogens (tertiary/aromatic N) is 1. The summed E-state index contributed by atoms with van der Waals surface area (Å²) in [4.78, 5) is 2.63. The maximum atomic E-state index is 2.63. The predicted molar refractivity (Wildman–Crippen MR) is 49.8 cm³/mol. The van der Waals surface area contributed by atoms with Crippen LogP contribution < -0.4 is 0 Å². The van der Waals surface area contributed by atoms with Crippen LogP contribution in [0.4, 0.5) is 0 Å². The molecule has 1 heterocycles. The van der Waals surface area contributed by atoms with E-state index < -0.39 is 0 Å². The average Bonchev–Trinajstić information content (AvgIpc) is 2.13. The van der Waals surface area contributed by atoms with Gasteiger partial charge in [0.1, 0.15) is 0 Å². The second-order valence-corrected chi connectivity index (χ2v) is 4.03. The van der Waals surface area contributed by atoms with E-state index in [0.29, 0.717) is 0 Å². The van der Waals surface area contributed by atoms with Crippen LogP contribution in [0.25, 0.3) is 0 Å². The van der Waals surface area contributed by atoms with Crippen molar-refractivity contribution in [1.82, 2.24) is 4.90 Å². The minimum absolute atomic E-state index is 0.739. The molecule has 1 rings (SSSR count). The highest BCUT2D eigenvalue weighted by atomic mass is 15.2. The third-order valence-corrected chi connectivity index (χ3v) is 2.77. The summed E-state index contributed by atoms with van der Waals surface area (Å²) in [5.41, 5.74) is 0. The number of likely N-dealkylation sites (tertiary alicyclic amines) is 1. The first-order chi connectivity index (χ1) is 5.22. The number of hydrogen-bond acceptors (Lipinski definition) is 1. The van der Waals surface area contributed by atoms with Crippen molar-refractivity contribution in [2.75, 3.05) is 6.54 Å². The van der Waals surface area contributed by atoms with E-state index >= 15 is 0 Å². The molecule has 0 aromatic heterocycles. The van der Waals surface area contributed by atoms with E-state index in [-0.39, 0.29) is 0 Å². The monoisotopic (exact) mass is 155 g/mol. The van der Waals surface area contributed by atoms with Gasteiger partial charge in [-0.05, 0) is 40.2 Å². The maximum Gasteiger partial charge on any atom is 0.00696 e. The Morgan fingerprint density at radius 2 is 1.91 bits per heavy atom. The van der Waals surface area contributed by atoms with E-state index in [1.807, 2.05) is 0 Å². The zero-order valence-corrected chi connectivity index (χ0v) is 8.14. The van der Waals surface area contributed by atoms with Crippen LogP contribution in [0.2, 0.25) is 0 Å². The number of rotatable bonds is 1. The highest BCUT2D eigenvalue weighted by molar-refractivity contribution is 4.73. The van der Waals surface area contributed by atoms with Gasteiger partial charge in [0.05, 0.1) is 0 Å². The quantitative estimate of drug-likeness (QED) is 0.562. The van der Waals surface area contributed by atoms with Crippen molar-refractivity contribution in [3.8, 4) is 0 Å². The van der Waals surface area contributed by atoms with Crippen LogP contribution in [0, 0.1) is 0 Å². The van der Waals surface area contributed by atoms with Gasteiger partial charge in [-0.15, -0.1) is 0 Å². The summed E-state index contributed by atoms with van der Waals surface area (Å²) in [6.45, 7) is 8.30. The lowest BCUT2D eigenvalue weighted by atomic mass is 10.1. The van der Waals surface area contributed by atoms with Gasteiger partial charge in [0.25, 0.3) is 0 Å². The molecule has 1 saturated heterocycles. The fraction of sp³-hybridized carbons (Fsp3) is 1.00. The first kappa shape index (κ1) is 9.05. The van der Waals surface area contributed by atoms with E-state index in [2.05, 4.69) is 25.7 Å². The Morgan fingerprint density at radius 3 is 2.55 bits per heavy atom. The van der Waals surface area contributed by atoms with Crippen LogP contribution in [0.1, 0.15) is 46.5 Å². The van der Waals surface area contributed by atoms with Crippen molar-refractivity contribution in [3.05, 3.63) is 0 Å². The lowest BCUT2D eigenvalue weighted by Crippen LogP contribution is -2.38. The van der Waals surface area contributed by atoms with Gasteiger partial charge in [-0.3, -0.25) is 4.90 Å². The topological polar surface area (TPSA) is 3.24 Å². The molecule has 1 aliphatic rings. The predicted octanol–water partition coefficient (Wildman–Crippen LogP) is 2.66. The van der Waals surface area contributed by atoms with Gasteiger partial charge >= 0.3 is 0 Å². The summed E-state index contributed by atoms with van der Waals surface area (Å²) >= 11 is 0. The minimum Gasteiger partial charge on any atom is -0.298 e. The normalized spacial score (nSPS) is 28.9. The molecule has 11 heavy (non-hydrogen) atoms. The van der Waals surface area contributed by atoms with Crippen molar-refractivity contribution >= 4 is 0 Å². The van der Waals surface area contributed by atoms with Gasteiger partial charge in [0.2, 0.25) is 0 Å². The summed E-state index contributed by atoms with van der Waals surface area (Å²) in [5, 5.41) is 0. The van der Waals surface area contributed by atoms with Gasteiger partial charge < -0.3 is 0 Å². The van der Waals surface area contributed by atoms with Gasteiger partial charge in [0.15, 0.2) is 0 Å². The van der Waals surface area contributed by atoms with Crippen molar-refractivity contribution in [3.63, 3.8) is 0 Å². The third kappa shape index (κ3) is 2.48. The molecular formula is C10H21N. The average molecular weight is 155 g/mol. The zero-order chi connectivity index (χ0) is 8.27. The summed E-state index contributed by atoms with van der Waals surface area (Å²) in [7, 11) is 0. The van der Waals surface area contributed by atoms with Crippen LogP contribution in [0.3, 0.4) is 0 Å². The first-order valence-corrected chi connectivity index (χ1v) is 4.97. The Hall–Kier alpha value is -0.0400. The second-order valence-electron chi connectivity index (χ2n) is 4.03. The van der Waals surface area contributed by atoms with Crippen molar-refractivity contribution < 1.29 is 0 Å². The maximum absolute atomic E-state index is 2.63. The van der Waals surface area contributed by atoms with Crippen LogP contribution in [0.15, 0.2) is 0 Å². The van der Waals surface area contributed by atoms with E-state index in [4.69, 9.17) is 0 Å². The van der Waals surface area contributed by atoms with Crippen LogP contribution >= 0.6 is 0 Å². The lowest BCUT2D eigenvalue weighted by molar-refractivity contribution is 0.168. The lowest BCUT2D eigenvalue weighted by Gasteiger charge is -2.30. The van der Waals surface area contributed by atoms with E-state index in [9.17, 15) is 0 Å². The van der Waals surface area contributed by atoms with Gasteiger partial charge in [-0.1, -0.05) is 12.8 Å². The van der Waals surface area contributed by atoms with Crippen LogP contribution in [-0.4, -0.2) is 23.5 Å². The molecule has 0 N–H and O–H groups in total. The molecule has 1 nitrogen and oxygen atoms in total. The molecular weight excluding hydrogens is 134 g/mol. The molecule has 1 aliphatic heterocycles. The number of hydrogen-bond donors (Lipinski definition) is 0. The highest BCUT2D eigenvalue weighted by Crippen LogP contribution is 2.18. The fourth-order valence-corrected chi connectivity index (χ4v) is 2.06. The molecule has 0 bridgehead atoms.